The third-order valence-electron chi connectivity index (χ3n) is 2.41. The van der Waals surface area contributed by atoms with Gasteiger partial charge in [-0.1, -0.05) is 11.6 Å². The lowest BCUT2D eigenvalue weighted by molar-refractivity contribution is 0.0950. The fraction of sp³-hybridized carbons (Fsp3) is 0.0769. The van der Waals surface area contributed by atoms with Gasteiger partial charge in [0.05, 0.1) is 6.26 Å². The maximum atomic E-state index is 11.7. The molecule has 0 bridgehead atoms. The van der Waals surface area contributed by atoms with Gasteiger partial charge in [0.1, 0.15) is 0 Å². The van der Waals surface area contributed by atoms with Crippen LogP contribution in [0.2, 0.25) is 5.02 Å². The molecule has 6 heteroatoms. The quantitative estimate of drug-likeness (QED) is 0.834. The van der Waals surface area contributed by atoms with Gasteiger partial charge in [-0.15, -0.1) is 0 Å². The van der Waals surface area contributed by atoms with Crippen molar-refractivity contribution in [3.8, 4) is 0 Å². The monoisotopic (exact) mass is 294 g/mol. The fourth-order valence-electron chi connectivity index (χ4n) is 1.49. The molecule has 0 spiro atoms. The van der Waals surface area contributed by atoms with Crippen molar-refractivity contribution in [3.63, 3.8) is 0 Å². The SMILES string of the molecule is Cc1cc(Cl)ccc1NC(=S)NC(=O)c1ccco1. The van der Waals surface area contributed by atoms with E-state index in [2.05, 4.69) is 10.6 Å². The largest absolute Gasteiger partial charge is 0.459 e. The predicted octanol–water partition coefficient (Wildman–Crippen LogP) is 3.37. The Balaban J connectivity index is 2.00. The first-order valence-electron chi connectivity index (χ1n) is 5.48. The Morgan fingerprint density at radius 1 is 1.37 bits per heavy atom. The number of hydrogen-bond acceptors (Lipinski definition) is 3. The molecule has 1 heterocycles. The van der Waals surface area contributed by atoms with Gasteiger partial charge < -0.3 is 9.73 Å². The third-order valence-corrected chi connectivity index (χ3v) is 2.85. The number of aryl methyl sites for hydroxylation is 1. The van der Waals surface area contributed by atoms with Crippen molar-refractivity contribution in [2.24, 2.45) is 0 Å². The molecule has 0 saturated carbocycles. The molecule has 0 aliphatic carbocycles. The number of carbonyl (C=O) groups excluding carboxylic acids is 1. The minimum absolute atomic E-state index is 0.201. The molecule has 19 heavy (non-hydrogen) atoms. The first-order chi connectivity index (χ1) is 9.06. The van der Waals surface area contributed by atoms with E-state index in [-0.39, 0.29) is 10.9 Å². The molecule has 1 aromatic heterocycles. The van der Waals surface area contributed by atoms with Crippen molar-refractivity contribution in [1.82, 2.24) is 5.32 Å². The average Bonchev–Trinajstić information content (AvgIpc) is 2.86. The Hall–Kier alpha value is -1.85. The Labute approximate surface area is 120 Å². The molecule has 0 unspecified atom stereocenters. The maximum absolute atomic E-state index is 11.7. The Morgan fingerprint density at radius 3 is 2.79 bits per heavy atom. The van der Waals surface area contributed by atoms with Crippen LogP contribution in [0.25, 0.3) is 0 Å². The predicted molar refractivity (Wildman–Crippen MR) is 78.6 cm³/mol. The van der Waals surface area contributed by atoms with Gasteiger partial charge in [0, 0.05) is 10.7 Å². The van der Waals surface area contributed by atoms with Crippen LogP contribution in [0.3, 0.4) is 0 Å². The van der Waals surface area contributed by atoms with Crippen LogP contribution < -0.4 is 10.6 Å². The molecule has 4 nitrogen and oxygen atoms in total. The van der Waals surface area contributed by atoms with E-state index in [1.807, 2.05) is 6.92 Å². The zero-order valence-corrected chi connectivity index (χ0v) is 11.6. The van der Waals surface area contributed by atoms with Crippen molar-refractivity contribution in [3.05, 3.63) is 52.9 Å². The van der Waals surface area contributed by atoms with E-state index < -0.39 is 5.91 Å². The van der Waals surface area contributed by atoms with Crippen LogP contribution in [0.15, 0.2) is 41.0 Å². The van der Waals surface area contributed by atoms with Gasteiger partial charge >= 0.3 is 0 Å². The first-order valence-corrected chi connectivity index (χ1v) is 6.27. The summed E-state index contributed by atoms with van der Waals surface area (Å²) in [7, 11) is 0. The van der Waals surface area contributed by atoms with Crippen LogP contribution in [0, 0.1) is 6.92 Å². The summed E-state index contributed by atoms with van der Waals surface area (Å²) in [4.78, 5) is 11.7. The molecule has 0 fully saturated rings. The maximum Gasteiger partial charge on any atom is 0.293 e. The van der Waals surface area contributed by atoms with Gasteiger partial charge in [-0.05, 0) is 55.0 Å². The molecule has 0 aliphatic heterocycles. The highest BCUT2D eigenvalue weighted by molar-refractivity contribution is 7.80. The van der Waals surface area contributed by atoms with Crippen LogP contribution in [-0.2, 0) is 0 Å². The molecule has 1 aromatic carbocycles. The Morgan fingerprint density at radius 2 is 2.16 bits per heavy atom. The molecular formula is C13H11ClN2O2S. The van der Waals surface area contributed by atoms with E-state index in [1.54, 1.807) is 30.3 Å². The highest BCUT2D eigenvalue weighted by atomic mass is 35.5. The van der Waals surface area contributed by atoms with Gasteiger partial charge in [-0.25, -0.2) is 0 Å². The van der Waals surface area contributed by atoms with Gasteiger partial charge in [-0.2, -0.15) is 0 Å². The van der Waals surface area contributed by atoms with E-state index >= 15 is 0 Å². The first kappa shape index (κ1) is 13.6. The average molecular weight is 295 g/mol. The van der Waals surface area contributed by atoms with E-state index in [0.717, 1.165) is 11.3 Å². The number of anilines is 1. The van der Waals surface area contributed by atoms with Crippen molar-refractivity contribution >= 4 is 40.5 Å². The molecule has 0 aliphatic rings. The topological polar surface area (TPSA) is 54.3 Å². The summed E-state index contributed by atoms with van der Waals surface area (Å²) in [5.74, 6) is -0.189. The molecule has 0 atom stereocenters. The lowest BCUT2D eigenvalue weighted by Crippen LogP contribution is -2.34. The van der Waals surface area contributed by atoms with Crippen molar-refractivity contribution in [2.75, 3.05) is 5.32 Å². The number of amides is 1. The van der Waals surface area contributed by atoms with Gasteiger partial charge in [0.15, 0.2) is 10.9 Å². The minimum atomic E-state index is -0.394. The van der Waals surface area contributed by atoms with Crippen LogP contribution in [0.5, 0.6) is 0 Å². The number of carbonyl (C=O) groups is 1. The van der Waals surface area contributed by atoms with E-state index in [0.29, 0.717) is 5.02 Å². The summed E-state index contributed by atoms with van der Waals surface area (Å²) in [6.45, 7) is 1.89. The number of benzene rings is 1. The van der Waals surface area contributed by atoms with Gasteiger partial charge in [-0.3, -0.25) is 10.1 Å². The number of hydrogen-bond donors (Lipinski definition) is 2. The highest BCUT2D eigenvalue weighted by Crippen LogP contribution is 2.19. The van der Waals surface area contributed by atoms with E-state index in [1.165, 1.54) is 6.26 Å². The highest BCUT2D eigenvalue weighted by Gasteiger charge is 2.10. The smallest absolute Gasteiger partial charge is 0.293 e. The van der Waals surface area contributed by atoms with E-state index in [9.17, 15) is 4.79 Å². The van der Waals surface area contributed by atoms with Gasteiger partial charge in [0.25, 0.3) is 5.91 Å². The lowest BCUT2D eigenvalue weighted by Gasteiger charge is -2.11. The normalized spacial score (nSPS) is 10.0. The molecule has 0 radical (unpaired) electrons. The zero-order chi connectivity index (χ0) is 13.8. The number of rotatable bonds is 2. The van der Waals surface area contributed by atoms with Crippen molar-refractivity contribution in [1.29, 1.82) is 0 Å². The Kier molecular flexibility index (Phi) is 4.19. The van der Waals surface area contributed by atoms with Crippen LogP contribution >= 0.6 is 23.8 Å². The second-order valence-corrected chi connectivity index (χ2v) is 4.69. The fourth-order valence-corrected chi connectivity index (χ4v) is 1.92. The summed E-state index contributed by atoms with van der Waals surface area (Å²) in [5, 5.41) is 6.30. The minimum Gasteiger partial charge on any atom is -0.459 e. The molecule has 1 amide bonds. The molecular weight excluding hydrogens is 284 g/mol. The number of halogens is 1. The number of nitrogens with one attached hydrogen (secondary N) is 2. The van der Waals surface area contributed by atoms with Crippen LogP contribution in [0.4, 0.5) is 5.69 Å². The van der Waals surface area contributed by atoms with Gasteiger partial charge in [0.2, 0.25) is 0 Å². The molecule has 2 N–H and O–H groups in total. The summed E-state index contributed by atoms with van der Waals surface area (Å²) in [6.07, 6.45) is 1.43. The molecule has 2 rings (SSSR count). The third kappa shape index (κ3) is 3.56. The molecule has 98 valence electrons. The van der Waals surface area contributed by atoms with Crippen molar-refractivity contribution in [2.45, 2.75) is 6.92 Å². The zero-order valence-electron chi connectivity index (χ0n) is 10.1. The molecule has 2 aromatic rings. The van der Waals surface area contributed by atoms with Crippen LogP contribution in [0.1, 0.15) is 16.1 Å². The lowest BCUT2D eigenvalue weighted by atomic mass is 10.2. The summed E-state index contributed by atoms with van der Waals surface area (Å²) >= 11 is 10.9. The number of furan rings is 1. The second kappa shape index (κ2) is 5.86. The summed E-state index contributed by atoms with van der Waals surface area (Å²) in [6, 6.07) is 8.54. The molecule has 0 saturated heterocycles. The van der Waals surface area contributed by atoms with Crippen LogP contribution in [-0.4, -0.2) is 11.0 Å². The number of thiocarbonyl (C=S) groups is 1. The summed E-state index contributed by atoms with van der Waals surface area (Å²) in [5.41, 5.74) is 1.72. The summed E-state index contributed by atoms with van der Waals surface area (Å²) < 4.78 is 4.97. The van der Waals surface area contributed by atoms with Crippen molar-refractivity contribution < 1.29 is 9.21 Å². The second-order valence-electron chi connectivity index (χ2n) is 3.84. The Bertz CT molecular complexity index is 611. The standard InChI is InChI=1S/C13H11ClN2O2S/c1-8-7-9(14)4-5-10(8)15-13(19)16-12(17)11-3-2-6-18-11/h2-7H,1H3,(H2,15,16,17,19). The van der Waals surface area contributed by atoms with E-state index in [4.69, 9.17) is 28.2 Å².